The normalized spacial score (nSPS) is 14.3. The van der Waals surface area contributed by atoms with Crippen LogP contribution in [0.15, 0.2) is 0 Å². The number of rotatable bonds is 15. The van der Waals surface area contributed by atoms with Crippen molar-refractivity contribution in [1.82, 2.24) is 16.0 Å². The van der Waals surface area contributed by atoms with Gasteiger partial charge < -0.3 is 20.7 Å². The van der Waals surface area contributed by atoms with Crippen LogP contribution in [0.25, 0.3) is 0 Å². The smallest absolute Gasteiger partial charge is 0.220 e. The molecule has 0 radical (unpaired) electrons. The summed E-state index contributed by atoms with van der Waals surface area (Å²) in [6.45, 7) is 22.2. The number of Topliss-reactive ketones (excluding diaryl/α,β-unsaturated/α-hetero) is 1. The van der Waals surface area contributed by atoms with Crippen LogP contribution in [-0.4, -0.2) is 54.6 Å². The second-order valence-corrected chi connectivity index (χ2v) is 12.5. The third-order valence-corrected chi connectivity index (χ3v) is 5.45. The van der Waals surface area contributed by atoms with Crippen LogP contribution >= 0.6 is 0 Å². The van der Waals surface area contributed by atoms with Gasteiger partial charge in [0.15, 0.2) is 5.78 Å². The van der Waals surface area contributed by atoms with E-state index in [1.807, 2.05) is 41.7 Å². The highest BCUT2D eigenvalue weighted by atomic mass is 16.5. The van der Waals surface area contributed by atoms with Crippen molar-refractivity contribution in [3.05, 3.63) is 0 Å². The van der Waals surface area contributed by atoms with Gasteiger partial charge in [0, 0.05) is 29.5 Å². The molecule has 0 rings (SSSR count). The first-order valence-corrected chi connectivity index (χ1v) is 12.3. The maximum atomic E-state index is 12.8. The van der Waals surface area contributed by atoms with Gasteiger partial charge in [0.25, 0.3) is 0 Å². The highest BCUT2D eigenvalue weighted by Crippen LogP contribution is 2.22. The van der Waals surface area contributed by atoms with E-state index in [-0.39, 0.29) is 22.8 Å². The lowest BCUT2D eigenvalue weighted by Crippen LogP contribution is -2.51. The van der Waals surface area contributed by atoms with Gasteiger partial charge >= 0.3 is 0 Å². The van der Waals surface area contributed by atoms with Gasteiger partial charge in [0.1, 0.15) is 0 Å². The van der Waals surface area contributed by atoms with E-state index in [2.05, 4.69) is 50.6 Å². The largest absolute Gasteiger partial charge is 0.375 e. The van der Waals surface area contributed by atoms with E-state index in [1.165, 1.54) is 0 Å². The van der Waals surface area contributed by atoms with Gasteiger partial charge in [-0.2, -0.15) is 0 Å². The van der Waals surface area contributed by atoms with Crippen molar-refractivity contribution in [3.63, 3.8) is 0 Å². The molecule has 0 bridgehead atoms. The SMILES string of the molecule is CNCCCCC(NC(=O)CCC(C)(C)OCCC(C)(C)NC(C)(C)C)C(=O)C(C)(C)C. The predicted molar refractivity (Wildman–Crippen MR) is 135 cm³/mol. The monoisotopic (exact) mass is 455 g/mol. The Kier molecular flexibility index (Phi) is 12.6. The molecule has 0 fully saturated rings. The third kappa shape index (κ3) is 15.0. The molecule has 0 aliphatic heterocycles. The average molecular weight is 456 g/mol. The molecule has 0 saturated heterocycles. The molecule has 0 heterocycles. The minimum atomic E-state index is -0.475. The number of hydrogen-bond acceptors (Lipinski definition) is 5. The third-order valence-electron chi connectivity index (χ3n) is 5.45. The molecule has 0 aliphatic carbocycles. The first-order chi connectivity index (χ1) is 14.4. The van der Waals surface area contributed by atoms with Gasteiger partial charge in [-0.1, -0.05) is 20.8 Å². The lowest BCUT2D eigenvalue weighted by atomic mass is 9.84. The van der Waals surface area contributed by atoms with E-state index in [9.17, 15) is 9.59 Å². The van der Waals surface area contributed by atoms with Crippen LogP contribution in [0, 0.1) is 5.41 Å². The van der Waals surface area contributed by atoms with E-state index in [1.54, 1.807) is 0 Å². The topological polar surface area (TPSA) is 79.5 Å². The molecule has 0 saturated carbocycles. The van der Waals surface area contributed by atoms with Crippen molar-refractivity contribution in [2.45, 2.75) is 130 Å². The maximum absolute atomic E-state index is 12.8. The zero-order chi connectivity index (χ0) is 25.2. The molecule has 0 spiro atoms. The quantitative estimate of drug-likeness (QED) is 0.314. The molecule has 6 nitrogen and oxygen atoms in total. The van der Waals surface area contributed by atoms with Crippen LogP contribution in [0.4, 0.5) is 0 Å². The first-order valence-electron chi connectivity index (χ1n) is 12.3. The van der Waals surface area contributed by atoms with Crippen molar-refractivity contribution in [1.29, 1.82) is 0 Å². The molecule has 1 unspecified atom stereocenters. The predicted octanol–water partition coefficient (Wildman–Crippen LogP) is 4.61. The minimum Gasteiger partial charge on any atom is -0.375 e. The molecule has 190 valence electrons. The van der Waals surface area contributed by atoms with E-state index >= 15 is 0 Å². The van der Waals surface area contributed by atoms with E-state index < -0.39 is 17.1 Å². The van der Waals surface area contributed by atoms with Gasteiger partial charge in [0.05, 0.1) is 11.6 Å². The van der Waals surface area contributed by atoms with Gasteiger partial charge in [0.2, 0.25) is 5.91 Å². The Hall–Kier alpha value is -0.980. The van der Waals surface area contributed by atoms with Crippen LogP contribution in [0.2, 0.25) is 0 Å². The number of ether oxygens (including phenoxy) is 1. The van der Waals surface area contributed by atoms with E-state index in [0.717, 1.165) is 25.8 Å². The first kappa shape index (κ1) is 31.0. The Morgan fingerprint density at radius 3 is 1.97 bits per heavy atom. The molecule has 32 heavy (non-hydrogen) atoms. The highest BCUT2D eigenvalue weighted by Gasteiger charge is 2.31. The number of nitrogens with one attached hydrogen (secondary N) is 3. The van der Waals surface area contributed by atoms with Crippen molar-refractivity contribution in [2.24, 2.45) is 5.41 Å². The van der Waals surface area contributed by atoms with Crippen molar-refractivity contribution in [3.8, 4) is 0 Å². The second-order valence-electron chi connectivity index (χ2n) is 12.5. The molecule has 0 aromatic heterocycles. The van der Waals surface area contributed by atoms with E-state index in [0.29, 0.717) is 25.9 Å². The van der Waals surface area contributed by atoms with Crippen LogP contribution in [0.1, 0.15) is 108 Å². The molecule has 6 heteroatoms. The fourth-order valence-electron chi connectivity index (χ4n) is 3.86. The Morgan fingerprint density at radius 2 is 1.47 bits per heavy atom. The van der Waals surface area contributed by atoms with Gasteiger partial charge in [-0.15, -0.1) is 0 Å². The fraction of sp³-hybridized carbons (Fsp3) is 0.923. The fourth-order valence-corrected chi connectivity index (χ4v) is 3.86. The lowest BCUT2D eigenvalue weighted by molar-refractivity contribution is -0.133. The molecule has 0 aliphatic rings. The zero-order valence-corrected chi connectivity index (χ0v) is 23.0. The maximum Gasteiger partial charge on any atom is 0.220 e. The van der Waals surface area contributed by atoms with Crippen molar-refractivity contribution >= 4 is 11.7 Å². The van der Waals surface area contributed by atoms with Crippen LogP contribution in [0.5, 0.6) is 0 Å². The van der Waals surface area contributed by atoms with E-state index in [4.69, 9.17) is 4.74 Å². The number of ketones is 1. The molecule has 1 atom stereocenters. The van der Waals surface area contributed by atoms with Gasteiger partial charge in [-0.05, 0) is 94.2 Å². The molecular formula is C26H53N3O3. The number of carbonyl (C=O) groups is 2. The zero-order valence-electron chi connectivity index (χ0n) is 23.0. The Balaban J connectivity index is 4.67. The van der Waals surface area contributed by atoms with Gasteiger partial charge in [-0.25, -0.2) is 0 Å². The summed E-state index contributed by atoms with van der Waals surface area (Å²) in [5, 5.41) is 9.75. The highest BCUT2D eigenvalue weighted by molar-refractivity contribution is 5.92. The number of carbonyl (C=O) groups excluding carboxylic acids is 2. The van der Waals surface area contributed by atoms with Crippen molar-refractivity contribution < 1.29 is 14.3 Å². The van der Waals surface area contributed by atoms with Crippen LogP contribution in [0.3, 0.4) is 0 Å². The van der Waals surface area contributed by atoms with Gasteiger partial charge in [-0.3, -0.25) is 9.59 Å². The summed E-state index contributed by atoms with van der Waals surface area (Å²) in [6, 6.07) is -0.423. The van der Waals surface area contributed by atoms with Crippen LogP contribution in [-0.2, 0) is 14.3 Å². The number of unbranched alkanes of at least 4 members (excludes halogenated alkanes) is 1. The van der Waals surface area contributed by atoms with Crippen molar-refractivity contribution in [2.75, 3.05) is 20.2 Å². The Labute approximate surface area is 198 Å². The lowest BCUT2D eigenvalue weighted by Gasteiger charge is -2.36. The minimum absolute atomic E-state index is 0.0282. The summed E-state index contributed by atoms with van der Waals surface area (Å²) in [7, 11) is 1.92. The Morgan fingerprint density at radius 1 is 0.875 bits per heavy atom. The summed E-state index contributed by atoms with van der Waals surface area (Å²) in [5.41, 5.74) is -0.854. The number of amides is 1. The number of hydrogen-bond donors (Lipinski definition) is 3. The standard InChI is InChI=1S/C26H53N3O3/c1-23(2,3)22(31)20(14-12-13-18-27-11)28-21(30)15-16-26(9,10)32-19-17-25(7,8)29-24(4,5)6/h20,27,29H,12-19H2,1-11H3,(H,28,30). The summed E-state index contributed by atoms with van der Waals surface area (Å²) >= 11 is 0. The molecule has 3 N–H and O–H groups in total. The molecule has 0 aromatic rings. The molecule has 0 aromatic carbocycles. The molecule has 1 amide bonds. The molecular weight excluding hydrogens is 402 g/mol. The summed E-state index contributed by atoms with van der Waals surface area (Å²) < 4.78 is 6.13. The van der Waals surface area contributed by atoms with Crippen LogP contribution < -0.4 is 16.0 Å². The summed E-state index contributed by atoms with van der Waals surface area (Å²) in [4.78, 5) is 25.5. The summed E-state index contributed by atoms with van der Waals surface area (Å²) in [6.07, 6.45) is 4.42. The second kappa shape index (κ2) is 13.0. The average Bonchev–Trinajstić information content (AvgIpc) is 2.58. The summed E-state index contributed by atoms with van der Waals surface area (Å²) in [5.74, 6) is 0.0204. The Bertz CT molecular complexity index is 572.